The highest BCUT2D eigenvalue weighted by molar-refractivity contribution is 6.21. The molecule has 0 amide bonds. The van der Waals surface area contributed by atoms with Crippen molar-refractivity contribution in [2.24, 2.45) is 0 Å². The van der Waals surface area contributed by atoms with Crippen LogP contribution in [0.15, 0.2) is 54.1 Å². The highest BCUT2D eigenvalue weighted by atomic mass is 16.6. The monoisotopic (exact) mass is 473 g/mol. The van der Waals surface area contributed by atoms with E-state index in [1.807, 2.05) is 0 Å². The predicted octanol–water partition coefficient (Wildman–Crippen LogP) is 1.95. The van der Waals surface area contributed by atoms with E-state index >= 15 is 0 Å². The van der Waals surface area contributed by atoms with Crippen molar-refractivity contribution in [1.29, 1.82) is 0 Å². The Bertz CT molecular complexity index is 986. The number of benzene rings is 1. The third kappa shape index (κ3) is 4.11. The number of rotatable bonds is 9. The van der Waals surface area contributed by atoms with Crippen molar-refractivity contribution in [3.63, 3.8) is 0 Å². The molecular weight excluding hydrogens is 442 g/mol. The van der Waals surface area contributed by atoms with Crippen LogP contribution in [0.4, 0.5) is 0 Å². The first-order valence-electron chi connectivity index (χ1n) is 10.9. The van der Waals surface area contributed by atoms with E-state index < -0.39 is 46.0 Å². The Balaban J connectivity index is 3.18. The summed E-state index contributed by atoms with van der Waals surface area (Å²) in [6.07, 6.45) is 1.87. The van der Waals surface area contributed by atoms with E-state index in [0.717, 1.165) is 14.2 Å². The summed E-state index contributed by atoms with van der Waals surface area (Å²) >= 11 is 0. The highest BCUT2D eigenvalue weighted by Gasteiger charge is 2.68. The fourth-order valence-electron chi connectivity index (χ4n) is 4.70. The number of carbonyl (C=O) groups is 4. The molecule has 34 heavy (non-hydrogen) atoms. The van der Waals surface area contributed by atoms with Crippen LogP contribution in [-0.4, -0.2) is 75.3 Å². The minimum absolute atomic E-state index is 0.0160. The van der Waals surface area contributed by atoms with Gasteiger partial charge in [0, 0.05) is 12.0 Å². The van der Waals surface area contributed by atoms with Crippen LogP contribution < -0.4 is 0 Å². The molecule has 1 aliphatic heterocycles. The third-order valence-corrected chi connectivity index (χ3v) is 6.14. The lowest BCUT2D eigenvalue weighted by Crippen LogP contribution is -2.64. The van der Waals surface area contributed by atoms with Gasteiger partial charge in [0.05, 0.1) is 33.0 Å². The maximum atomic E-state index is 13.9. The molecule has 1 aromatic carbocycles. The Hall–Kier alpha value is -3.46. The number of esters is 4. The molecule has 0 saturated carbocycles. The van der Waals surface area contributed by atoms with Crippen LogP contribution >= 0.6 is 0 Å². The average Bonchev–Trinajstić information content (AvgIpc) is 3.15. The fraction of sp³-hybridized carbons (Fsp3) is 0.440. The molecule has 2 unspecified atom stereocenters. The van der Waals surface area contributed by atoms with Gasteiger partial charge in [-0.25, -0.2) is 19.2 Å². The number of likely N-dealkylation sites (tertiary alicyclic amines) is 1. The minimum Gasteiger partial charge on any atom is -0.466 e. The molecule has 184 valence electrons. The second-order valence-corrected chi connectivity index (χ2v) is 7.60. The van der Waals surface area contributed by atoms with Gasteiger partial charge in [-0.1, -0.05) is 36.4 Å². The molecule has 9 heteroatoms. The second-order valence-electron chi connectivity index (χ2n) is 7.60. The topological polar surface area (TPSA) is 108 Å². The summed E-state index contributed by atoms with van der Waals surface area (Å²) in [5.41, 5.74) is -3.89. The molecule has 1 aromatic rings. The van der Waals surface area contributed by atoms with Crippen molar-refractivity contribution in [2.75, 3.05) is 41.0 Å². The molecule has 1 heterocycles. The zero-order valence-corrected chi connectivity index (χ0v) is 20.2. The summed E-state index contributed by atoms with van der Waals surface area (Å²) in [6.45, 7) is 7.36. The summed E-state index contributed by atoms with van der Waals surface area (Å²) in [6, 6.07) is 8.93. The lowest BCUT2D eigenvalue weighted by atomic mass is 9.61. The Labute approximate surface area is 199 Å². The highest BCUT2D eigenvalue weighted by Crippen LogP contribution is 2.53. The molecular formula is C25H31NO8. The van der Waals surface area contributed by atoms with Gasteiger partial charge in [0.2, 0.25) is 0 Å². The normalized spacial score (nSPS) is 22.9. The Morgan fingerprint density at radius 1 is 0.971 bits per heavy atom. The number of nitrogens with zero attached hydrogens (tertiary/aromatic N) is 1. The van der Waals surface area contributed by atoms with E-state index in [-0.39, 0.29) is 13.2 Å². The van der Waals surface area contributed by atoms with Crippen LogP contribution in [0.1, 0.15) is 25.8 Å². The predicted molar refractivity (Wildman–Crippen MR) is 123 cm³/mol. The van der Waals surface area contributed by atoms with E-state index in [1.54, 1.807) is 62.2 Å². The van der Waals surface area contributed by atoms with Crippen molar-refractivity contribution in [3.8, 4) is 0 Å². The molecule has 9 nitrogen and oxygen atoms in total. The quantitative estimate of drug-likeness (QED) is 0.133. The van der Waals surface area contributed by atoms with Gasteiger partial charge in [0.15, 0.2) is 11.1 Å². The van der Waals surface area contributed by atoms with Gasteiger partial charge in [0.25, 0.3) is 0 Å². The Morgan fingerprint density at radius 3 is 2.06 bits per heavy atom. The summed E-state index contributed by atoms with van der Waals surface area (Å²) in [5.74, 6) is -4.18. The zero-order valence-electron chi connectivity index (χ0n) is 20.2. The van der Waals surface area contributed by atoms with Gasteiger partial charge in [-0.15, -0.1) is 6.58 Å². The van der Waals surface area contributed by atoms with E-state index in [9.17, 15) is 19.2 Å². The van der Waals surface area contributed by atoms with Crippen LogP contribution in [-0.2, 0) is 43.5 Å². The maximum Gasteiger partial charge on any atom is 0.346 e. The van der Waals surface area contributed by atoms with E-state index in [4.69, 9.17) is 18.9 Å². The fourth-order valence-corrected chi connectivity index (χ4v) is 4.70. The van der Waals surface area contributed by atoms with E-state index in [2.05, 4.69) is 6.58 Å². The molecule has 0 spiro atoms. The number of hydrogen-bond acceptors (Lipinski definition) is 9. The van der Waals surface area contributed by atoms with Gasteiger partial charge in [-0.3, -0.25) is 4.90 Å². The molecule has 1 fully saturated rings. The number of methoxy groups -OCH3 is 2. The second kappa shape index (κ2) is 11.1. The Kier molecular flexibility index (Phi) is 8.75. The summed E-state index contributed by atoms with van der Waals surface area (Å²) in [7, 11) is 3.76. The first-order chi connectivity index (χ1) is 16.2. The molecule has 0 aliphatic carbocycles. The van der Waals surface area contributed by atoms with Gasteiger partial charge in [0.1, 0.15) is 0 Å². The van der Waals surface area contributed by atoms with Crippen molar-refractivity contribution in [1.82, 2.24) is 4.90 Å². The summed E-state index contributed by atoms with van der Waals surface area (Å²) < 4.78 is 20.4. The van der Waals surface area contributed by atoms with Gasteiger partial charge in [-0.05, 0) is 32.9 Å². The lowest BCUT2D eigenvalue weighted by Gasteiger charge is -2.46. The van der Waals surface area contributed by atoms with Crippen molar-refractivity contribution < 1.29 is 38.1 Å². The van der Waals surface area contributed by atoms with Gasteiger partial charge < -0.3 is 18.9 Å². The van der Waals surface area contributed by atoms with Crippen LogP contribution in [0.5, 0.6) is 0 Å². The number of hydrogen-bond donors (Lipinski definition) is 0. The minimum atomic E-state index is -1.99. The molecule has 1 saturated heterocycles. The number of ether oxygens (including phenoxy) is 4. The molecule has 0 radical (unpaired) electrons. The van der Waals surface area contributed by atoms with Crippen LogP contribution in [0.3, 0.4) is 0 Å². The zero-order chi connectivity index (χ0) is 25.5. The van der Waals surface area contributed by atoms with E-state index in [0.29, 0.717) is 18.5 Å². The van der Waals surface area contributed by atoms with E-state index in [1.165, 1.54) is 0 Å². The summed E-state index contributed by atoms with van der Waals surface area (Å²) in [5, 5.41) is 0. The number of carbonyl (C=O) groups excluding carboxylic acids is 4. The van der Waals surface area contributed by atoms with Crippen molar-refractivity contribution in [2.45, 2.75) is 31.2 Å². The molecule has 0 aromatic heterocycles. The average molecular weight is 474 g/mol. The number of likely N-dealkylation sites (N-methyl/N-ethyl adjacent to an activating group) is 1. The third-order valence-electron chi connectivity index (χ3n) is 6.14. The van der Waals surface area contributed by atoms with Crippen LogP contribution in [0.2, 0.25) is 0 Å². The van der Waals surface area contributed by atoms with Gasteiger partial charge in [-0.2, -0.15) is 0 Å². The lowest BCUT2D eigenvalue weighted by molar-refractivity contribution is -0.159. The van der Waals surface area contributed by atoms with Crippen molar-refractivity contribution >= 4 is 23.9 Å². The summed E-state index contributed by atoms with van der Waals surface area (Å²) in [4.78, 5) is 54.9. The first kappa shape index (κ1) is 26.8. The smallest absolute Gasteiger partial charge is 0.346 e. The van der Waals surface area contributed by atoms with Crippen LogP contribution in [0.25, 0.3) is 0 Å². The first-order valence-corrected chi connectivity index (χ1v) is 10.9. The molecule has 2 rings (SSSR count). The van der Waals surface area contributed by atoms with Crippen LogP contribution in [0, 0.1) is 0 Å². The molecule has 1 aliphatic rings. The molecule has 0 N–H and O–H groups in total. The van der Waals surface area contributed by atoms with Crippen molar-refractivity contribution in [3.05, 3.63) is 59.7 Å². The SMILES string of the molecule is C=CC1(c2ccccc2)CCN(C)C1(C(=O)OCC)C(C(=O)OC)=C(C(=O)OC)C(=O)OCC. The molecule has 2 atom stereocenters. The maximum absolute atomic E-state index is 13.9. The largest absolute Gasteiger partial charge is 0.466 e. The molecule has 0 bridgehead atoms. The Morgan fingerprint density at radius 2 is 1.56 bits per heavy atom. The standard InChI is InChI=1S/C25H31NO8/c1-7-24(17-13-11-10-12-14-17)15-16-26(4)25(24,23(30)34-9-3)19(22(29)32-6)18(20(27)31-5)21(28)33-8-2/h7,10-14H,1,8-9,15-16H2,2-6H3. The van der Waals surface area contributed by atoms with Gasteiger partial charge >= 0.3 is 23.9 Å².